The Kier molecular flexibility index (Phi) is 4.48. The lowest BCUT2D eigenvalue weighted by atomic mass is 10.1. The standard InChI is InChI=1S/C17H23NO2/c1-5-7-12(3)20-14-8-9-17-15(10-14)16(11-19)13(4)18(17)6-2/h8-12H,5-7H2,1-4H3/t12-/m1/s1. The zero-order valence-corrected chi connectivity index (χ0v) is 12.8. The Hall–Kier alpha value is -1.77. The molecular weight excluding hydrogens is 250 g/mol. The topological polar surface area (TPSA) is 31.2 Å². The number of nitrogens with zero attached hydrogens (tertiary/aromatic N) is 1. The van der Waals surface area contributed by atoms with E-state index in [9.17, 15) is 4.79 Å². The summed E-state index contributed by atoms with van der Waals surface area (Å²) in [7, 11) is 0. The molecule has 1 atom stereocenters. The number of ether oxygens (including phenoxy) is 1. The summed E-state index contributed by atoms with van der Waals surface area (Å²) in [5.41, 5.74) is 2.90. The lowest BCUT2D eigenvalue weighted by Crippen LogP contribution is -2.10. The summed E-state index contributed by atoms with van der Waals surface area (Å²) in [6.07, 6.45) is 3.29. The Morgan fingerprint density at radius 2 is 2.10 bits per heavy atom. The minimum Gasteiger partial charge on any atom is -0.491 e. The molecular formula is C17H23NO2. The molecule has 0 N–H and O–H groups in total. The van der Waals surface area contributed by atoms with E-state index in [2.05, 4.69) is 25.3 Å². The molecule has 0 aliphatic heterocycles. The van der Waals surface area contributed by atoms with Crippen molar-refractivity contribution in [2.24, 2.45) is 0 Å². The third-order valence-electron chi connectivity index (χ3n) is 3.81. The van der Waals surface area contributed by atoms with Crippen LogP contribution >= 0.6 is 0 Å². The molecule has 0 aliphatic rings. The van der Waals surface area contributed by atoms with Crippen molar-refractivity contribution < 1.29 is 9.53 Å². The second-order valence-electron chi connectivity index (χ2n) is 5.26. The SMILES string of the molecule is CCC[C@@H](C)Oc1ccc2c(c1)c(C=O)c(C)n2CC. The van der Waals surface area contributed by atoms with Crippen molar-refractivity contribution in [2.45, 2.75) is 53.2 Å². The number of hydrogen-bond acceptors (Lipinski definition) is 2. The van der Waals surface area contributed by atoms with Crippen molar-refractivity contribution >= 4 is 17.2 Å². The zero-order chi connectivity index (χ0) is 14.7. The molecule has 20 heavy (non-hydrogen) atoms. The van der Waals surface area contributed by atoms with Gasteiger partial charge in [-0.05, 0) is 45.4 Å². The largest absolute Gasteiger partial charge is 0.491 e. The van der Waals surface area contributed by atoms with Crippen LogP contribution in [-0.4, -0.2) is 17.0 Å². The highest BCUT2D eigenvalue weighted by atomic mass is 16.5. The Bertz CT molecular complexity index is 613. The quantitative estimate of drug-likeness (QED) is 0.733. The number of carbonyl (C=O) groups excluding carboxylic acids is 1. The molecule has 0 amide bonds. The van der Waals surface area contributed by atoms with Crippen LogP contribution in [0.4, 0.5) is 0 Å². The van der Waals surface area contributed by atoms with Crippen molar-refractivity contribution in [1.29, 1.82) is 0 Å². The summed E-state index contributed by atoms with van der Waals surface area (Å²) in [6.45, 7) is 9.18. The lowest BCUT2D eigenvalue weighted by Gasteiger charge is -2.14. The van der Waals surface area contributed by atoms with E-state index in [1.54, 1.807) is 0 Å². The maximum absolute atomic E-state index is 11.4. The molecule has 1 aromatic heterocycles. The van der Waals surface area contributed by atoms with Gasteiger partial charge < -0.3 is 9.30 Å². The van der Waals surface area contributed by atoms with Crippen molar-refractivity contribution in [3.8, 4) is 5.75 Å². The predicted octanol–water partition coefficient (Wildman–Crippen LogP) is 4.35. The number of hydrogen-bond donors (Lipinski definition) is 0. The first-order valence-electron chi connectivity index (χ1n) is 7.37. The average Bonchev–Trinajstić information content (AvgIpc) is 2.69. The fourth-order valence-corrected chi connectivity index (χ4v) is 2.81. The van der Waals surface area contributed by atoms with E-state index in [1.807, 2.05) is 25.1 Å². The monoisotopic (exact) mass is 273 g/mol. The fraction of sp³-hybridized carbons (Fsp3) is 0.471. The van der Waals surface area contributed by atoms with Crippen LogP contribution in [0, 0.1) is 6.92 Å². The van der Waals surface area contributed by atoms with Crippen LogP contribution in [0.1, 0.15) is 49.7 Å². The third kappa shape index (κ3) is 2.58. The number of aromatic nitrogens is 1. The summed E-state index contributed by atoms with van der Waals surface area (Å²) in [5, 5.41) is 0.987. The van der Waals surface area contributed by atoms with E-state index < -0.39 is 0 Å². The highest BCUT2D eigenvalue weighted by molar-refractivity contribution is 6.00. The van der Waals surface area contributed by atoms with E-state index in [0.717, 1.165) is 53.6 Å². The van der Waals surface area contributed by atoms with Crippen LogP contribution in [0.15, 0.2) is 18.2 Å². The molecule has 0 fully saturated rings. The van der Waals surface area contributed by atoms with Crippen molar-refractivity contribution in [2.75, 3.05) is 0 Å². The van der Waals surface area contributed by atoms with Gasteiger partial charge in [-0.2, -0.15) is 0 Å². The van der Waals surface area contributed by atoms with Crippen LogP contribution in [0.5, 0.6) is 5.75 Å². The van der Waals surface area contributed by atoms with E-state index in [-0.39, 0.29) is 6.10 Å². The van der Waals surface area contributed by atoms with Gasteiger partial charge in [0.15, 0.2) is 6.29 Å². The Morgan fingerprint density at radius 3 is 2.70 bits per heavy atom. The van der Waals surface area contributed by atoms with Gasteiger partial charge in [-0.1, -0.05) is 13.3 Å². The first-order valence-corrected chi connectivity index (χ1v) is 7.37. The molecule has 0 saturated heterocycles. The van der Waals surface area contributed by atoms with Crippen LogP contribution in [0.25, 0.3) is 10.9 Å². The molecule has 0 radical (unpaired) electrons. The molecule has 3 nitrogen and oxygen atoms in total. The highest BCUT2D eigenvalue weighted by Gasteiger charge is 2.14. The number of carbonyl (C=O) groups is 1. The molecule has 3 heteroatoms. The van der Waals surface area contributed by atoms with Crippen LogP contribution in [0.3, 0.4) is 0 Å². The number of aldehydes is 1. The molecule has 108 valence electrons. The maximum Gasteiger partial charge on any atom is 0.152 e. The number of fused-ring (bicyclic) bond motifs is 1. The van der Waals surface area contributed by atoms with E-state index >= 15 is 0 Å². The number of aryl methyl sites for hydroxylation is 1. The number of rotatable bonds is 6. The molecule has 2 aromatic rings. The molecule has 0 unspecified atom stereocenters. The van der Waals surface area contributed by atoms with Gasteiger partial charge in [0.05, 0.1) is 6.10 Å². The van der Waals surface area contributed by atoms with Crippen LogP contribution in [-0.2, 0) is 6.54 Å². The fourth-order valence-electron chi connectivity index (χ4n) is 2.81. The Morgan fingerprint density at radius 1 is 1.35 bits per heavy atom. The summed E-state index contributed by atoms with van der Waals surface area (Å²) in [6, 6.07) is 6.03. The van der Waals surface area contributed by atoms with Gasteiger partial charge in [-0.15, -0.1) is 0 Å². The normalized spacial score (nSPS) is 12.6. The Labute approximate surface area is 120 Å². The van der Waals surface area contributed by atoms with Crippen molar-refractivity contribution in [3.05, 3.63) is 29.5 Å². The lowest BCUT2D eigenvalue weighted by molar-refractivity contribution is 0.112. The summed E-state index contributed by atoms with van der Waals surface area (Å²) < 4.78 is 8.08. The van der Waals surface area contributed by atoms with Crippen molar-refractivity contribution in [3.63, 3.8) is 0 Å². The van der Waals surface area contributed by atoms with Gasteiger partial charge in [0.2, 0.25) is 0 Å². The minimum atomic E-state index is 0.200. The van der Waals surface area contributed by atoms with Gasteiger partial charge in [0.25, 0.3) is 0 Å². The van der Waals surface area contributed by atoms with Crippen molar-refractivity contribution in [1.82, 2.24) is 4.57 Å². The average molecular weight is 273 g/mol. The first kappa shape index (κ1) is 14.6. The predicted molar refractivity (Wildman–Crippen MR) is 82.7 cm³/mol. The molecule has 0 bridgehead atoms. The smallest absolute Gasteiger partial charge is 0.152 e. The second kappa shape index (κ2) is 6.12. The molecule has 1 aromatic carbocycles. The third-order valence-corrected chi connectivity index (χ3v) is 3.81. The molecule has 2 rings (SSSR count). The van der Waals surface area contributed by atoms with Gasteiger partial charge in [0.1, 0.15) is 5.75 Å². The second-order valence-corrected chi connectivity index (χ2v) is 5.26. The number of benzene rings is 1. The first-order chi connectivity index (χ1) is 9.62. The summed E-state index contributed by atoms with van der Waals surface area (Å²) in [5.74, 6) is 0.842. The van der Waals surface area contributed by atoms with E-state index in [1.165, 1.54) is 0 Å². The molecule has 0 saturated carbocycles. The van der Waals surface area contributed by atoms with E-state index in [0.29, 0.717) is 0 Å². The van der Waals surface area contributed by atoms with Crippen LogP contribution in [0.2, 0.25) is 0 Å². The molecule has 1 heterocycles. The minimum absolute atomic E-state index is 0.200. The zero-order valence-electron chi connectivity index (χ0n) is 12.8. The summed E-state index contributed by atoms with van der Waals surface area (Å²) >= 11 is 0. The van der Waals surface area contributed by atoms with Gasteiger partial charge in [-0.3, -0.25) is 4.79 Å². The van der Waals surface area contributed by atoms with E-state index in [4.69, 9.17) is 4.74 Å². The maximum atomic E-state index is 11.4. The van der Waals surface area contributed by atoms with Gasteiger partial charge in [0, 0.05) is 28.7 Å². The van der Waals surface area contributed by atoms with Crippen LogP contribution < -0.4 is 4.74 Å². The van der Waals surface area contributed by atoms with Gasteiger partial charge in [-0.25, -0.2) is 0 Å². The molecule has 0 aliphatic carbocycles. The molecule has 0 spiro atoms. The highest BCUT2D eigenvalue weighted by Crippen LogP contribution is 2.29. The van der Waals surface area contributed by atoms with Gasteiger partial charge >= 0.3 is 0 Å². The Balaban J connectivity index is 2.45. The summed E-state index contributed by atoms with van der Waals surface area (Å²) in [4.78, 5) is 11.4.